The highest BCUT2D eigenvalue weighted by Gasteiger charge is 2.14. The zero-order valence-corrected chi connectivity index (χ0v) is 11.6. The fraction of sp³-hybridized carbons (Fsp3) is 0. The predicted octanol–water partition coefficient (Wildman–Crippen LogP) is 3.15. The van der Waals surface area contributed by atoms with Gasteiger partial charge in [-0.25, -0.2) is 4.39 Å². The van der Waals surface area contributed by atoms with Crippen molar-refractivity contribution in [3.63, 3.8) is 0 Å². The Kier molecular flexibility index (Phi) is 3.61. The second-order valence-corrected chi connectivity index (χ2v) is 4.92. The Morgan fingerprint density at radius 1 is 1.39 bits per heavy atom. The van der Waals surface area contributed by atoms with E-state index in [1.54, 1.807) is 0 Å². The molecule has 0 spiro atoms. The van der Waals surface area contributed by atoms with Crippen molar-refractivity contribution in [2.75, 3.05) is 0 Å². The molecular weight excluding hydrogens is 350 g/mol. The number of halogens is 4. The van der Waals surface area contributed by atoms with Crippen LogP contribution < -0.4 is 5.56 Å². The molecule has 0 aliphatic heterocycles. The van der Waals surface area contributed by atoms with Crippen LogP contribution >= 0.6 is 39.1 Å². The molecule has 94 valence electrons. The highest BCUT2D eigenvalue weighted by molar-refractivity contribution is 9.10. The third kappa shape index (κ3) is 2.23. The molecule has 1 aromatic heterocycles. The van der Waals surface area contributed by atoms with E-state index >= 15 is 0 Å². The van der Waals surface area contributed by atoms with Crippen LogP contribution in [0.25, 0.3) is 5.69 Å². The number of rotatable bonds is 1. The van der Waals surface area contributed by atoms with Crippen molar-refractivity contribution in [1.29, 1.82) is 0 Å². The third-order valence-corrected chi connectivity index (χ3v) is 3.62. The van der Waals surface area contributed by atoms with Gasteiger partial charge in [0.25, 0.3) is 5.56 Å². The summed E-state index contributed by atoms with van der Waals surface area (Å²) in [7, 11) is 0. The normalized spacial score (nSPS) is 10.7. The van der Waals surface area contributed by atoms with E-state index in [4.69, 9.17) is 23.2 Å². The molecule has 2 aromatic rings. The van der Waals surface area contributed by atoms with Crippen LogP contribution in [0, 0.1) is 5.82 Å². The number of phenolic OH excluding ortho intramolecular Hbond substituents is 1. The van der Waals surface area contributed by atoms with Gasteiger partial charge in [0.05, 0.1) is 15.7 Å². The minimum atomic E-state index is -0.800. The van der Waals surface area contributed by atoms with Crippen LogP contribution in [0.2, 0.25) is 10.0 Å². The summed E-state index contributed by atoms with van der Waals surface area (Å²) in [5.41, 5.74) is -0.956. The van der Waals surface area contributed by atoms with Crippen molar-refractivity contribution < 1.29 is 9.50 Å². The van der Waals surface area contributed by atoms with E-state index < -0.39 is 11.4 Å². The number of aromatic nitrogens is 2. The molecule has 0 radical (unpaired) electrons. The van der Waals surface area contributed by atoms with Crippen molar-refractivity contribution in [1.82, 2.24) is 9.78 Å². The lowest BCUT2D eigenvalue weighted by Crippen LogP contribution is -2.22. The van der Waals surface area contributed by atoms with Crippen molar-refractivity contribution in [3.8, 4) is 11.4 Å². The zero-order chi connectivity index (χ0) is 13.4. The molecule has 0 aliphatic rings. The monoisotopic (exact) mass is 352 g/mol. The van der Waals surface area contributed by atoms with Gasteiger partial charge in [-0.2, -0.15) is 9.78 Å². The molecule has 1 heterocycles. The van der Waals surface area contributed by atoms with E-state index in [0.29, 0.717) is 4.47 Å². The fourth-order valence-electron chi connectivity index (χ4n) is 1.27. The van der Waals surface area contributed by atoms with Gasteiger partial charge in [-0.1, -0.05) is 23.2 Å². The van der Waals surface area contributed by atoms with Gasteiger partial charge in [-0.3, -0.25) is 4.79 Å². The van der Waals surface area contributed by atoms with Crippen molar-refractivity contribution in [2.24, 2.45) is 0 Å². The maximum absolute atomic E-state index is 13.7. The first kappa shape index (κ1) is 13.3. The summed E-state index contributed by atoms with van der Waals surface area (Å²) in [6.45, 7) is 0. The average molecular weight is 354 g/mol. The second-order valence-electron chi connectivity index (χ2n) is 3.28. The zero-order valence-electron chi connectivity index (χ0n) is 8.49. The predicted molar refractivity (Wildman–Crippen MR) is 69.2 cm³/mol. The van der Waals surface area contributed by atoms with E-state index in [2.05, 4.69) is 21.0 Å². The molecule has 18 heavy (non-hydrogen) atoms. The number of aromatic hydroxyl groups is 1. The van der Waals surface area contributed by atoms with Gasteiger partial charge in [0.2, 0.25) is 0 Å². The highest BCUT2D eigenvalue weighted by Crippen LogP contribution is 2.28. The largest absolute Gasteiger partial charge is 0.506 e. The number of benzene rings is 1. The van der Waals surface area contributed by atoms with Crippen molar-refractivity contribution in [3.05, 3.63) is 49.0 Å². The topological polar surface area (TPSA) is 55.1 Å². The van der Waals surface area contributed by atoms with E-state index in [1.165, 1.54) is 6.20 Å². The van der Waals surface area contributed by atoms with Crippen LogP contribution in [0.3, 0.4) is 0 Å². The van der Waals surface area contributed by atoms with Gasteiger partial charge in [-0.05, 0) is 22.0 Å². The third-order valence-electron chi connectivity index (χ3n) is 2.12. The summed E-state index contributed by atoms with van der Waals surface area (Å²) in [5.74, 6) is -1.16. The molecule has 0 saturated carbocycles. The maximum atomic E-state index is 13.7. The van der Waals surface area contributed by atoms with Gasteiger partial charge in [-0.15, -0.1) is 0 Å². The second kappa shape index (κ2) is 4.87. The molecule has 0 saturated heterocycles. The van der Waals surface area contributed by atoms with Crippen LogP contribution in [0.4, 0.5) is 4.39 Å². The highest BCUT2D eigenvalue weighted by atomic mass is 79.9. The molecule has 0 fully saturated rings. The standard InChI is InChI=1S/C10H4BrCl2FN2O2/c11-4-3-15-16(10(18)9(4)13)7-2-8(17)5(12)1-6(7)14/h1-3,17H. The minimum absolute atomic E-state index is 0.140. The van der Waals surface area contributed by atoms with E-state index in [0.717, 1.165) is 16.8 Å². The molecule has 0 bridgehead atoms. The van der Waals surface area contributed by atoms with E-state index in [1.807, 2.05) is 0 Å². The van der Waals surface area contributed by atoms with Crippen LogP contribution in [0.5, 0.6) is 5.75 Å². The first-order valence-electron chi connectivity index (χ1n) is 4.53. The molecule has 8 heteroatoms. The molecule has 2 rings (SSSR count). The van der Waals surface area contributed by atoms with Crippen LogP contribution in [-0.4, -0.2) is 14.9 Å². The van der Waals surface area contributed by atoms with Crippen LogP contribution in [0.15, 0.2) is 27.6 Å². The molecular formula is C10H4BrCl2FN2O2. The number of hydrogen-bond donors (Lipinski definition) is 1. The van der Waals surface area contributed by atoms with Gasteiger partial charge in [0, 0.05) is 6.07 Å². The van der Waals surface area contributed by atoms with Crippen molar-refractivity contribution >= 4 is 39.1 Å². The first-order chi connectivity index (χ1) is 8.41. The summed E-state index contributed by atoms with van der Waals surface area (Å²) in [4.78, 5) is 11.8. The van der Waals surface area contributed by atoms with E-state index in [9.17, 15) is 14.3 Å². The fourth-order valence-corrected chi connectivity index (χ4v) is 1.81. The minimum Gasteiger partial charge on any atom is -0.506 e. The number of hydrogen-bond acceptors (Lipinski definition) is 3. The average Bonchev–Trinajstić information content (AvgIpc) is 2.32. The van der Waals surface area contributed by atoms with Gasteiger partial charge in [0.15, 0.2) is 5.82 Å². The molecule has 4 nitrogen and oxygen atoms in total. The summed E-state index contributed by atoms with van der Waals surface area (Å²) in [6.07, 6.45) is 1.24. The smallest absolute Gasteiger partial charge is 0.291 e. The van der Waals surface area contributed by atoms with E-state index in [-0.39, 0.29) is 21.5 Å². The van der Waals surface area contributed by atoms with Gasteiger partial charge >= 0.3 is 0 Å². The quantitative estimate of drug-likeness (QED) is 0.856. The Balaban J connectivity index is 2.74. The lowest BCUT2D eigenvalue weighted by molar-refractivity contribution is 0.472. The Bertz CT molecular complexity index is 690. The lowest BCUT2D eigenvalue weighted by atomic mass is 10.3. The Hall–Kier alpha value is -1.11. The maximum Gasteiger partial charge on any atom is 0.291 e. The number of phenols is 1. The van der Waals surface area contributed by atoms with Crippen LogP contribution in [0.1, 0.15) is 0 Å². The van der Waals surface area contributed by atoms with Gasteiger partial charge < -0.3 is 5.11 Å². The first-order valence-corrected chi connectivity index (χ1v) is 6.08. The summed E-state index contributed by atoms with van der Waals surface area (Å²) in [6, 6.07) is 1.88. The van der Waals surface area contributed by atoms with Crippen LogP contribution in [-0.2, 0) is 0 Å². The molecule has 0 atom stereocenters. The summed E-state index contributed by atoms with van der Waals surface area (Å²) >= 11 is 14.3. The Morgan fingerprint density at radius 2 is 2.06 bits per heavy atom. The molecule has 0 unspecified atom stereocenters. The molecule has 0 amide bonds. The Labute approximate surface area is 119 Å². The molecule has 0 aliphatic carbocycles. The summed E-state index contributed by atoms with van der Waals surface area (Å²) < 4.78 is 14.7. The molecule has 1 N–H and O–H groups in total. The van der Waals surface area contributed by atoms with Gasteiger partial charge in [0.1, 0.15) is 16.5 Å². The molecule has 1 aromatic carbocycles. The lowest BCUT2D eigenvalue weighted by Gasteiger charge is -2.08. The summed E-state index contributed by atoms with van der Waals surface area (Å²) in [5, 5.41) is 12.8. The van der Waals surface area contributed by atoms with Crippen molar-refractivity contribution in [2.45, 2.75) is 0 Å². The number of nitrogens with zero attached hydrogens (tertiary/aromatic N) is 2. The SMILES string of the molecule is O=c1c(Cl)c(Br)cnn1-c1cc(O)c(Cl)cc1F. The Morgan fingerprint density at radius 3 is 2.72 bits per heavy atom.